The standard InChI is InChI=1S/C19H18FN7O3/c20-15-5-4-14(11-16(15)27(29)30)22-19(28)13-3-1-9-25(12-13)17-6-7-18(24-23-17)26-10-2-8-21-26/h2,4-8,10-11,13H,1,3,9,12H2,(H,22,28). The monoisotopic (exact) mass is 411 g/mol. The first-order chi connectivity index (χ1) is 14.5. The summed E-state index contributed by atoms with van der Waals surface area (Å²) in [5.74, 6) is -0.315. The zero-order valence-electron chi connectivity index (χ0n) is 15.8. The van der Waals surface area contributed by atoms with Crippen molar-refractivity contribution in [2.75, 3.05) is 23.3 Å². The molecule has 1 unspecified atom stereocenters. The minimum atomic E-state index is -0.945. The van der Waals surface area contributed by atoms with Crippen LogP contribution in [-0.2, 0) is 4.79 Å². The number of nitro benzene ring substituents is 1. The van der Waals surface area contributed by atoms with Crippen LogP contribution >= 0.6 is 0 Å². The van der Waals surface area contributed by atoms with Gasteiger partial charge in [-0.15, -0.1) is 10.2 Å². The highest BCUT2D eigenvalue weighted by Crippen LogP contribution is 2.25. The van der Waals surface area contributed by atoms with Crippen molar-refractivity contribution in [1.82, 2.24) is 20.0 Å². The van der Waals surface area contributed by atoms with Gasteiger partial charge in [0.25, 0.3) is 0 Å². The van der Waals surface area contributed by atoms with Gasteiger partial charge in [0.1, 0.15) is 0 Å². The molecule has 1 aromatic carbocycles. The van der Waals surface area contributed by atoms with Gasteiger partial charge in [-0.25, -0.2) is 4.68 Å². The van der Waals surface area contributed by atoms with Crippen molar-refractivity contribution in [2.24, 2.45) is 5.92 Å². The molecule has 1 amide bonds. The van der Waals surface area contributed by atoms with Crippen LogP contribution in [0.4, 0.5) is 21.6 Å². The Hall–Kier alpha value is -3.89. The molecular weight excluding hydrogens is 393 g/mol. The number of rotatable bonds is 5. The predicted molar refractivity (Wildman–Crippen MR) is 106 cm³/mol. The molecule has 2 aromatic heterocycles. The normalized spacial score (nSPS) is 16.3. The van der Waals surface area contributed by atoms with Gasteiger partial charge in [-0.3, -0.25) is 14.9 Å². The van der Waals surface area contributed by atoms with E-state index in [9.17, 15) is 19.3 Å². The first-order valence-corrected chi connectivity index (χ1v) is 9.35. The van der Waals surface area contributed by atoms with Crippen LogP contribution in [-0.4, -0.2) is 43.9 Å². The van der Waals surface area contributed by atoms with E-state index in [0.717, 1.165) is 25.1 Å². The van der Waals surface area contributed by atoms with Crippen LogP contribution in [0.25, 0.3) is 5.82 Å². The van der Waals surface area contributed by atoms with Gasteiger partial charge < -0.3 is 10.2 Å². The third-order valence-corrected chi connectivity index (χ3v) is 4.90. The maximum atomic E-state index is 13.5. The second-order valence-corrected chi connectivity index (χ2v) is 6.90. The fourth-order valence-corrected chi connectivity index (χ4v) is 3.39. The molecule has 0 bridgehead atoms. The summed E-state index contributed by atoms with van der Waals surface area (Å²) >= 11 is 0. The van der Waals surface area contributed by atoms with Crippen LogP contribution in [0.2, 0.25) is 0 Å². The summed E-state index contributed by atoms with van der Waals surface area (Å²) < 4.78 is 15.1. The van der Waals surface area contributed by atoms with Gasteiger partial charge >= 0.3 is 5.69 Å². The van der Waals surface area contributed by atoms with Crippen LogP contribution in [0, 0.1) is 21.8 Å². The number of amides is 1. The number of carbonyl (C=O) groups excluding carboxylic acids is 1. The molecule has 1 saturated heterocycles. The summed E-state index contributed by atoms with van der Waals surface area (Å²) in [6.45, 7) is 1.17. The molecule has 30 heavy (non-hydrogen) atoms. The molecule has 1 fully saturated rings. The van der Waals surface area contributed by atoms with Gasteiger partial charge in [-0.05, 0) is 43.2 Å². The van der Waals surface area contributed by atoms with E-state index in [-0.39, 0.29) is 17.5 Å². The average molecular weight is 411 g/mol. The lowest BCUT2D eigenvalue weighted by Crippen LogP contribution is -2.41. The number of piperidine rings is 1. The highest BCUT2D eigenvalue weighted by molar-refractivity contribution is 5.93. The van der Waals surface area contributed by atoms with Gasteiger partial charge in [0, 0.05) is 37.2 Å². The lowest BCUT2D eigenvalue weighted by atomic mass is 9.97. The first-order valence-electron chi connectivity index (χ1n) is 9.35. The Balaban J connectivity index is 1.43. The molecule has 0 saturated carbocycles. The largest absolute Gasteiger partial charge is 0.354 e. The summed E-state index contributed by atoms with van der Waals surface area (Å²) in [5.41, 5.74) is -0.487. The van der Waals surface area contributed by atoms with E-state index < -0.39 is 16.4 Å². The summed E-state index contributed by atoms with van der Waals surface area (Å²) in [5, 5.41) is 26.1. The topological polar surface area (TPSA) is 119 Å². The van der Waals surface area contributed by atoms with Crippen LogP contribution in [0.5, 0.6) is 0 Å². The quantitative estimate of drug-likeness (QED) is 0.506. The zero-order chi connectivity index (χ0) is 21.1. The third kappa shape index (κ3) is 4.09. The molecule has 0 spiro atoms. The van der Waals surface area contributed by atoms with Crippen molar-refractivity contribution < 1.29 is 14.1 Å². The lowest BCUT2D eigenvalue weighted by molar-refractivity contribution is -0.387. The van der Waals surface area contributed by atoms with Crippen LogP contribution < -0.4 is 10.2 Å². The van der Waals surface area contributed by atoms with E-state index in [2.05, 4.69) is 20.6 Å². The molecule has 0 aliphatic carbocycles. The number of nitrogens with zero attached hydrogens (tertiary/aromatic N) is 6. The number of nitrogens with one attached hydrogen (secondary N) is 1. The zero-order valence-corrected chi connectivity index (χ0v) is 15.8. The molecule has 3 heterocycles. The van der Waals surface area contributed by atoms with Gasteiger partial charge in [0.15, 0.2) is 11.6 Å². The van der Waals surface area contributed by atoms with Crippen molar-refractivity contribution in [1.29, 1.82) is 0 Å². The SMILES string of the molecule is O=C(Nc1ccc(F)c([N+](=O)[O-])c1)C1CCCN(c2ccc(-n3cccn3)nn2)C1. The molecule has 4 rings (SSSR count). The number of hydrogen-bond acceptors (Lipinski definition) is 7. The van der Waals surface area contributed by atoms with Gasteiger partial charge in [-0.1, -0.05) is 0 Å². The maximum Gasteiger partial charge on any atom is 0.306 e. The molecule has 0 radical (unpaired) electrons. The molecule has 154 valence electrons. The van der Waals surface area contributed by atoms with Gasteiger partial charge in [-0.2, -0.15) is 9.49 Å². The first kappa shape index (κ1) is 19.4. The third-order valence-electron chi connectivity index (χ3n) is 4.90. The van der Waals surface area contributed by atoms with Crippen molar-refractivity contribution >= 4 is 23.1 Å². The van der Waals surface area contributed by atoms with E-state index in [1.807, 2.05) is 11.0 Å². The molecule has 11 heteroatoms. The second kappa shape index (κ2) is 8.23. The summed E-state index contributed by atoms with van der Waals surface area (Å²) in [7, 11) is 0. The predicted octanol–water partition coefficient (Wildman–Crippen LogP) is 2.56. The minimum absolute atomic E-state index is 0.189. The van der Waals surface area contributed by atoms with Crippen molar-refractivity contribution in [2.45, 2.75) is 12.8 Å². The fraction of sp³-hybridized carbons (Fsp3) is 0.263. The minimum Gasteiger partial charge on any atom is -0.354 e. The number of carbonyl (C=O) groups is 1. The molecule has 10 nitrogen and oxygen atoms in total. The van der Waals surface area contributed by atoms with Gasteiger partial charge in [0.2, 0.25) is 11.7 Å². The number of aromatic nitrogens is 4. The van der Waals surface area contributed by atoms with E-state index in [0.29, 0.717) is 24.6 Å². The van der Waals surface area contributed by atoms with Crippen molar-refractivity contribution in [3.63, 3.8) is 0 Å². The number of hydrogen-bond donors (Lipinski definition) is 1. The van der Waals surface area contributed by atoms with Gasteiger partial charge in [0.05, 0.1) is 10.8 Å². The Morgan fingerprint density at radius 3 is 2.73 bits per heavy atom. The Kier molecular flexibility index (Phi) is 5.33. The highest BCUT2D eigenvalue weighted by atomic mass is 19.1. The molecule has 3 aromatic rings. The van der Waals surface area contributed by atoms with Crippen molar-refractivity contribution in [3.05, 3.63) is 64.7 Å². The summed E-state index contributed by atoms with van der Waals surface area (Å²) in [4.78, 5) is 24.7. The van der Waals surface area contributed by atoms with Crippen molar-refractivity contribution in [3.8, 4) is 5.82 Å². The number of halogens is 1. The van der Waals surface area contributed by atoms with Crippen LogP contribution in [0.15, 0.2) is 48.8 Å². The molecule has 1 N–H and O–H groups in total. The molecule has 1 atom stereocenters. The Labute approximate surface area is 170 Å². The van der Waals surface area contributed by atoms with E-state index >= 15 is 0 Å². The summed E-state index contributed by atoms with van der Waals surface area (Å²) in [6, 6.07) is 8.72. The highest BCUT2D eigenvalue weighted by Gasteiger charge is 2.27. The van der Waals surface area contributed by atoms with Crippen LogP contribution in [0.1, 0.15) is 12.8 Å². The maximum absolute atomic E-state index is 13.5. The Bertz CT molecular complexity index is 1060. The average Bonchev–Trinajstić information content (AvgIpc) is 3.30. The van der Waals surface area contributed by atoms with Crippen LogP contribution in [0.3, 0.4) is 0 Å². The van der Waals surface area contributed by atoms with E-state index in [4.69, 9.17) is 0 Å². The fourth-order valence-electron chi connectivity index (χ4n) is 3.39. The lowest BCUT2D eigenvalue weighted by Gasteiger charge is -2.32. The molecule has 1 aliphatic heterocycles. The number of anilines is 2. The smallest absolute Gasteiger partial charge is 0.306 e. The summed E-state index contributed by atoms with van der Waals surface area (Å²) in [6.07, 6.45) is 4.87. The Morgan fingerprint density at radius 1 is 1.23 bits per heavy atom. The molecule has 1 aliphatic rings. The number of benzene rings is 1. The molecular formula is C19H18FN7O3. The number of nitro groups is 1. The van der Waals surface area contributed by atoms with E-state index in [1.165, 1.54) is 6.07 Å². The second-order valence-electron chi connectivity index (χ2n) is 6.90. The van der Waals surface area contributed by atoms with E-state index in [1.54, 1.807) is 29.2 Å². The Morgan fingerprint density at radius 2 is 2.03 bits per heavy atom.